The number of piperidine rings is 1. The highest BCUT2D eigenvalue weighted by Gasteiger charge is 2.53. The quantitative estimate of drug-likeness (QED) is 0.814. The fourth-order valence-electron chi connectivity index (χ4n) is 5.58. The first-order valence-corrected chi connectivity index (χ1v) is 10.8. The van der Waals surface area contributed by atoms with Crippen LogP contribution in [0.15, 0.2) is 30.5 Å². The molecule has 0 bridgehead atoms. The summed E-state index contributed by atoms with van der Waals surface area (Å²) in [6.07, 6.45) is 6.51. The third kappa shape index (κ3) is 4.22. The van der Waals surface area contributed by atoms with Crippen molar-refractivity contribution in [1.82, 2.24) is 25.6 Å². The Bertz CT molecular complexity index is 848. The van der Waals surface area contributed by atoms with Gasteiger partial charge >= 0.3 is 0 Å². The van der Waals surface area contributed by atoms with Crippen molar-refractivity contribution in [2.45, 2.75) is 59.4 Å². The zero-order valence-electron chi connectivity index (χ0n) is 18.0. The van der Waals surface area contributed by atoms with E-state index in [9.17, 15) is 4.79 Å². The van der Waals surface area contributed by atoms with Gasteiger partial charge in [-0.25, -0.2) is 4.68 Å². The molecular formula is C23H33N5O. The van der Waals surface area contributed by atoms with Gasteiger partial charge in [0, 0.05) is 11.6 Å². The van der Waals surface area contributed by atoms with Crippen molar-refractivity contribution in [2.75, 3.05) is 13.1 Å². The summed E-state index contributed by atoms with van der Waals surface area (Å²) >= 11 is 0. The number of amides is 1. The van der Waals surface area contributed by atoms with E-state index in [0.29, 0.717) is 11.5 Å². The molecule has 29 heavy (non-hydrogen) atoms. The number of carbonyl (C=O) groups excluding carboxylic acids is 1. The van der Waals surface area contributed by atoms with Crippen molar-refractivity contribution in [2.24, 2.45) is 16.7 Å². The fraction of sp³-hybridized carbons (Fsp3) is 0.609. The second-order valence-corrected chi connectivity index (χ2v) is 10.2. The minimum Gasteiger partial charge on any atom is -0.348 e. The third-order valence-corrected chi connectivity index (χ3v) is 6.64. The van der Waals surface area contributed by atoms with Crippen LogP contribution in [0.25, 0.3) is 5.69 Å². The van der Waals surface area contributed by atoms with Crippen LogP contribution in [0.4, 0.5) is 0 Å². The van der Waals surface area contributed by atoms with E-state index in [2.05, 4.69) is 48.6 Å². The van der Waals surface area contributed by atoms with Gasteiger partial charge in [-0.15, -0.1) is 5.10 Å². The van der Waals surface area contributed by atoms with Gasteiger partial charge in [0.1, 0.15) is 0 Å². The zero-order chi connectivity index (χ0) is 20.6. The molecule has 1 aromatic carbocycles. The van der Waals surface area contributed by atoms with E-state index in [1.807, 2.05) is 30.5 Å². The van der Waals surface area contributed by atoms with E-state index in [-0.39, 0.29) is 22.8 Å². The fourth-order valence-corrected chi connectivity index (χ4v) is 5.58. The van der Waals surface area contributed by atoms with E-state index in [4.69, 9.17) is 0 Å². The number of hydrogen-bond donors (Lipinski definition) is 2. The molecule has 1 saturated heterocycles. The van der Waals surface area contributed by atoms with Crippen LogP contribution in [0.5, 0.6) is 0 Å². The summed E-state index contributed by atoms with van der Waals surface area (Å²) in [5.41, 5.74) is 2.93. The largest absolute Gasteiger partial charge is 0.348 e. The van der Waals surface area contributed by atoms with Gasteiger partial charge in [0.2, 0.25) is 0 Å². The molecule has 2 aromatic rings. The van der Waals surface area contributed by atoms with Gasteiger partial charge in [-0.2, -0.15) is 0 Å². The average Bonchev–Trinajstić information content (AvgIpc) is 3.14. The second kappa shape index (κ2) is 7.56. The molecule has 0 radical (unpaired) electrons. The van der Waals surface area contributed by atoms with Crippen LogP contribution in [0.3, 0.4) is 0 Å². The lowest BCUT2D eigenvalue weighted by Crippen LogP contribution is -2.63. The molecule has 2 N–H and O–H groups in total. The van der Waals surface area contributed by atoms with E-state index in [1.54, 1.807) is 4.68 Å². The lowest BCUT2D eigenvalue weighted by molar-refractivity contribution is -0.0366. The normalized spacial score (nSPS) is 21.5. The van der Waals surface area contributed by atoms with E-state index in [1.165, 1.54) is 12.8 Å². The molecule has 2 fully saturated rings. The Morgan fingerprint density at radius 2 is 1.79 bits per heavy atom. The summed E-state index contributed by atoms with van der Waals surface area (Å²) in [4.78, 5) is 12.7. The summed E-state index contributed by atoms with van der Waals surface area (Å²) in [5, 5.41) is 15.3. The van der Waals surface area contributed by atoms with E-state index >= 15 is 0 Å². The molecule has 6 heteroatoms. The molecule has 0 spiro atoms. The molecule has 0 atom stereocenters. The molecular weight excluding hydrogens is 362 g/mol. The van der Waals surface area contributed by atoms with Gasteiger partial charge in [0.25, 0.3) is 5.91 Å². The van der Waals surface area contributed by atoms with Crippen molar-refractivity contribution in [1.29, 1.82) is 0 Å². The zero-order valence-corrected chi connectivity index (χ0v) is 18.0. The molecule has 6 nitrogen and oxygen atoms in total. The molecule has 156 valence electrons. The van der Waals surface area contributed by atoms with Crippen LogP contribution >= 0.6 is 0 Å². The number of hydrogen-bond acceptors (Lipinski definition) is 4. The molecule has 1 amide bonds. The predicted octanol–water partition coefficient (Wildman–Crippen LogP) is 3.36. The number of carbonyl (C=O) groups is 1. The van der Waals surface area contributed by atoms with Gasteiger partial charge in [-0.3, -0.25) is 4.79 Å². The topological polar surface area (TPSA) is 71.8 Å². The number of nitrogens with one attached hydrogen (secondary N) is 2. The standard InChI is InChI=1S/C23H33N5O/c1-22(2)15-23(3,4)21(22)25-20(29)17-5-7-19(8-6-17)28-14-18(26-27-28)13-16-9-11-24-12-10-16/h5-8,14,16,21,24H,9-13,15H2,1-4H3,(H,25,29). The van der Waals surface area contributed by atoms with Crippen molar-refractivity contribution >= 4 is 5.91 Å². The third-order valence-electron chi connectivity index (χ3n) is 6.64. The van der Waals surface area contributed by atoms with Crippen LogP contribution in [-0.2, 0) is 6.42 Å². The Morgan fingerprint density at radius 1 is 1.14 bits per heavy atom. The summed E-state index contributed by atoms with van der Waals surface area (Å²) in [7, 11) is 0. The summed E-state index contributed by atoms with van der Waals surface area (Å²) < 4.78 is 1.80. The molecule has 0 unspecified atom stereocenters. The second-order valence-electron chi connectivity index (χ2n) is 10.2. The minimum atomic E-state index is -0.00686. The molecule has 2 aliphatic rings. The van der Waals surface area contributed by atoms with Crippen LogP contribution < -0.4 is 10.6 Å². The highest BCUT2D eigenvalue weighted by atomic mass is 16.1. The highest BCUT2D eigenvalue weighted by molar-refractivity contribution is 5.94. The smallest absolute Gasteiger partial charge is 0.251 e. The molecule has 4 rings (SSSR count). The SMILES string of the molecule is CC1(C)CC(C)(C)C1NC(=O)c1ccc(-n2cc(CC3CCNCC3)nn2)cc1. The Hall–Kier alpha value is -2.21. The summed E-state index contributed by atoms with van der Waals surface area (Å²) in [6.45, 7) is 11.1. The number of rotatable bonds is 5. The first-order chi connectivity index (χ1) is 13.7. The Balaban J connectivity index is 1.39. The van der Waals surface area contributed by atoms with Gasteiger partial charge in [-0.1, -0.05) is 32.9 Å². The molecule has 1 aromatic heterocycles. The first kappa shape index (κ1) is 20.1. The maximum atomic E-state index is 12.7. The Labute approximate surface area is 173 Å². The maximum absolute atomic E-state index is 12.7. The lowest BCUT2D eigenvalue weighted by Gasteiger charge is -2.57. The minimum absolute atomic E-state index is 0.00686. The van der Waals surface area contributed by atoms with Gasteiger partial charge in [-0.05, 0) is 79.8 Å². The van der Waals surface area contributed by atoms with Crippen molar-refractivity contribution in [3.63, 3.8) is 0 Å². The van der Waals surface area contributed by atoms with Crippen molar-refractivity contribution in [3.8, 4) is 5.69 Å². The van der Waals surface area contributed by atoms with Crippen LogP contribution in [0.1, 0.15) is 63.0 Å². The van der Waals surface area contributed by atoms with Gasteiger partial charge in [0.05, 0.1) is 17.6 Å². The van der Waals surface area contributed by atoms with Crippen molar-refractivity contribution in [3.05, 3.63) is 41.7 Å². The number of benzene rings is 1. The van der Waals surface area contributed by atoms with Gasteiger partial charge < -0.3 is 10.6 Å². The van der Waals surface area contributed by atoms with Gasteiger partial charge in [0.15, 0.2) is 0 Å². The Kier molecular flexibility index (Phi) is 5.23. The average molecular weight is 396 g/mol. The van der Waals surface area contributed by atoms with Crippen LogP contribution in [-0.4, -0.2) is 40.0 Å². The summed E-state index contributed by atoms with van der Waals surface area (Å²) in [5.74, 6) is 0.681. The van der Waals surface area contributed by atoms with E-state index in [0.717, 1.165) is 37.3 Å². The molecule has 1 aliphatic heterocycles. The summed E-state index contributed by atoms with van der Waals surface area (Å²) in [6, 6.07) is 7.81. The Morgan fingerprint density at radius 3 is 2.41 bits per heavy atom. The molecule has 2 heterocycles. The number of aromatic nitrogens is 3. The van der Waals surface area contributed by atoms with Crippen LogP contribution in [0.2, 0.25) is 0 Å². The lowest BCUT2D eigenvalue weighted by atomic mass is 9.52. The monoisotopic (exact) mass is 395 g/mol. The highest BCUT2D eigenvalue weighted by Crippen LogP contribution is 2.53. The molecule has 1 aliphatic carbocycles. The molecule has 1 saturated carbocycles. The first-order valence-electron chi connectivity index (χ1n) is 10.8. The van der Waals surface area contributed by atoms with E-state index < -0.39 is 0 Å². The predicted molar refractivity (Wildman–Crippen MR) is 114 cm³/mol. The van der Waals surface area contributed by atoms with Crippen LogP contribution in [0, 0.1) is 16.7 Å². The van der Waals surface area contributed by atoms with Crippen molar-refractivity contribution < 1.29 is 4.79 Å². The maximum Gasteiger partial charge on any atom is 0.251 e. The number of nitrogens with zero attached hydrogens (tertiary/aromatic N) is 3.